The molecule has 0 unspecified atom stereocenters. The maximum Gasteiger partial charge on any atom is 0.224 e. The fraction of sp³-hybridized carbons (Fsp3) is 0. The van der Waals surface area contributed by atoms with Gasteiger partial charge in [-0.3, -0.25) is 0 Å². The summed E-state index contributed by atoms with van der Waals surface area (Å²) in [5.41, 5.74) is 0.385. The van der Waals surface area contributed by atoms with Crippen molar-refractivity contribution < 1.29 is 4.39 Å². The number of nitrogens with zero attached hydrogens (tertiary/aromatic N) is 2. The van der Waals surface area contributed by atoms with Gasteiger partial charge < -0.3 is 0 Å². The Balaban J connectivity index is 2.95. The molecule has 0 spiro atoms. The lowest BCUT2D eigenvalue weighted by molar-refractivity contribution is 0.632. The van der Waals surface area contributed by atoms with Gasteiger partial charge in [0.05, 0.1) is 15.4 Å². The topological polar surface area (TPSA) is 25.8 Å². The fourth-order valence-electron chi connectivity index (χ4n) is 1.09. The van der Waals surface area contributed by atoms with Crippen LogP contribution in [0.4, 0.5) is 4.39 Å². The predicted molar refractivity (Wildman–Crippen MR) is 57.2 cm³/mol. The molecule has 2 rings (SSSR count). The van der Waals surface area contributed by atoms with Crippen LogP contribution in [0.15, 0.2) is 16.6 Å². The van der Waals surface area contributed by atoms with E-state index < -0.39 is 5.82 Å². The van der Waals surface area contributed by atoms with Crippen LogP contribution in [0, 0.1) is 5.82 Å². The van der Waals surface area contributed by atoms with Gasteiger partial charge in [-0.15, -0.1) is 0 Å². The molecule has 0 saturated carbocycles. The molecule has 0 saturated heterocycles. The summed E-state index contributed by atoms with van der Waals surface area (Å²) in [7, 11) is 0. The van der Waals surface area contributed by atoms with E-state index in [0.29, 0.717) is 9.99 Å². The number of hydrogen-bond acceptors (Lipinski definition) is 2. The summed E-state index contributed by atoms with van der Waals surface area (Å²) < 4.78 is 13.9. The van der Waals surface area contributed by atoms with Crippen molar-refractivity contribution in [2.45, 2.75) is 0 Å². The highest BCUT2D eigenvalue weighted by molar-refractivity contribution is 9.10. The van der Waals surface area contributed by atoms with E-state index in [1.54, 1.807) is 6.07 Å². The summed E-state index contributed by atoms with van der Waals surface area (Å²) in [4.78, 5) is 7.51. The molecule has 0 amide bonds. The van der Waals surface area contributed by atoms with Gasteiger partial charge in [0.1, 0.15) is 11.0 Å². The number of aromatic nitrogens is 2. The van der Waals surface area contributed by atoms with E-state index in [1.807, 2.05) is 0 Å². The highest BCUT2D eigenvalue weighted by Gasteiger charge is 2.11. The Morgan fingerprint density at radius 1 is 1.21 bits per heavy atom. The first-order valence-corrected chi connectivity index (χ1v) is 5.11. The molecular weight excluding hydrogens is 294 g/mol. The van der Waals surface area contributed by atoms with Crippen molar-refractivity contribution in [1.29, 1.82) is 0 Å². The zero-order valence-electron chi connectivity index (χ0n) is 6.56. The van der Waals surface area contributed by atoms with Crippen LogP contribution in [0.1, 0.15) is 0 Å². The normalized spacial score (nSPS) is 10.9. The van der Waals surface area contributed by atoms with Crippen molar-refractivity contribution in [3.8, 4) is 0 Å². The van der Waals surface area contributed by atoms with Gasteiger partial charge in [0.15, 0.2) is 0 Å². The molecule has 14 heavy (non-hydrogen) atoms. The molecule has 0 atom stereocenters. The first-order chi connectivity index (χ1) is 6.59. The van der Waals surface area contributed by atoms with E-state index in [0.717, 1.165) is 0 Å². The minimum atomic E-state index is -0.482. The largest absolute Gasteiger partial charge is 0.224 e. The van der Waals surface area contributed by atoms with E-state index in [4.69, 9.17) is 23.2 Å². The molecule has 0 N–H and O–H groups in total. The maximum atomic E-state index is 13.5. The van der Waals surface area contributed by atoms with Gasteiger partial charge in [-0.05, 0) is 39.7 Å². The number of hydrogen-bond donors (Lipinski definition) is 0. The number of fused-ring (bicyclic) bond motifs is 1. The molecule has 1 aromatic heterocycles. The lowest BCUT2D eigenvalue weighted by Gasteiger charge is -2.02. The third-order valence-corrected chi connectivity index (χ3v) is 2.74. The third kappa shape index (κ3) is 1.58. The van der Waals surface area contributed by atoms with E-state index in [1.165, 1.54) is 6.07 Å². The van der Waals surface area contributed by atoms with Crippen LogP contribution in [0.25, 0.3) is 10.9 Å². The Morgan fingerprint density at radius 3 is 2.64 bits per heavy atom. The summed E-state index contributed by atoms with van der Waals surface area (Å²) in [6.07, 6.45) is 0. The first kappa shape index (κ1) is 10.1. The molecule has 0 radical (unpaired) electrons. The first-order valence-electron chi connectivity index (χ1n) is 3.56. The van der Waals surface area contributed by atoms with E-state index in [9.17, 15) is 4.39 Å². The molecule has 0 bridgehead atoms. The molecule has 0 aliphatic rings. The second-order valence-electron chi connectivity index (χ2n) is 2.54. The highest BCUT2D eigenvalue weighted by Crippen LogP contribution is 2.29. The van der Waals surface area contributed by atoms with Gasteiger partial charge in [-0.25, -0.2) is 14.4 Å². The van der Waals surface area contributed by atoms with Crippen LogP contribution < -0.4 is 0 Å². The molecule has 6 heteroatoms. The molecule has 0 aliphatic carbocycles. The maximum absolute atomic E-state index is 13.5. The van der Waals surface area contributed by atoms with Crippen LogP contribution >= 0.6 is 39.1 Å². The lowest BCUT2D eigenvalue weighted by atomic mass is 10.2. The average molecular weight is 296 g/mol. The summed E-state index contributed by atoms with van der Waals surface area (Å²) in [6, 6.07) is 3.15. The summed E-state index contributed by atoms with van der Waals surface area (Å²) in [6.45, 7) is 0. The standard InChI is InChI=1S/C8H2BrCl2FN2/c9-3-1-2-4-5(6(3)12)7(10)14-8(11)13-4/h1-2H. The van der Waals surface area contributed by atoms with Gasteiger partial charge in [0.2, 0.25) is 5.28 Å². The highest BCUT2D eigenvalue weighted by atomic mass is 79.9. The molecule has 2 aromatic rings. The second kappa shape index (κ2) is 3.61. The molecule has 72 valence electrons. The average Bonchev–Trinajstić information content (AvgIpc) is 2.10. The lowest BCUT2D eigenvalue weighted by Crippen LogP contribution is -1.90. The zero-order chi connectivity index (χ0) is 10.3. The van der Waals surface area contributed by atoms with E-state index >= 15 is 0 Å². The van der Waals surface area contributed by atoms with Crippen LogP contribution in [0.3, 0.4) is 0 Å². The molecule has 1 heterocycles. The van der Waals surface area contributed by atoms with Gasteiger partial charge in [-0.1, -0.05) is 11.6 Å². The third-order valence-electron chi connectivity index (χ3n) is 1.68. The van der Waals surface area contributed by atoms with Gasteiger partial charge >= 0.3 is 0 Å². The SMILES string of the molecule is Fc1c(Br)ccc2nc(Cl)nc(Cl)c12. The van der Waals surface area contributed by atoms with Crippen molar-refractivity contribution in [2.24, 2.45) is 0 Å². The molecule has 0 aliphatic heterocycles. The zero-order valence-corrected chi connectivity index (χ0v) is 9.66. The van der Waals surface area contributed by atoms with E-state index in [-0.39, 0.29) is 15.8 Å². The van der Waals surface area contributed by atoms with Crippen molar-refractivity contribution in [3.05, 3.63) is 32.9 Å². The quantitative estimate of drug-likeness (QED) is 0.545. The molecule has 2 nitrogen and oxygen atoms in total. The second-order valence-corrected chi connectivity index (χ2v) is 4.09. The Bertz CT molecular complexity index is 518. The summed E-state index contributed by atoms with van der Waals surface area (Å²) in [5.74, 6) is -0.482. The Labute approximate surface area is 97.2 Å². The molecule has 1 aromatic carbocycles. The van der Waals surface area contributed by atoms with Crippen molar-refractivity contribution in [2.75, 3.05) is 0 Å². The summed E-state index contributed by atoms with van der Waals surface area (Å²) >= 11 is 14.4. The fourth-order valence-corrected chi connectivity index (χ4v) is 1.90. The molecular formula is C8H2BrCl2FN2. The van der Waals surface area contributed by atoms with Crippen LogP contribution in [0.2, 0.25) is 10.4 Å². The van der Waals surface area contributed by atoms with Gasteiger partial charge in [-0.2, -0.15) is 0 Å². The molecule has 0 fully saturated rings. The number of rotatable bonds is 0. The van der Waals surface area contributed by atoms with Crippen LogP contribution in [0.5, 0.6) is 0 Å². The van der Waals surface area contributed by atoms with Crippen LogP contribution in [-0.2, 0) is 0 Å². The summed E-state index contributed by atoms with van der Waals surface area (Å²) in [5, 5.41) is 0.188. The number of benzene rings is 1. The minimum absolute atomic E-state index is 0.00391. The van der Waals surface area contributed by atoms with Crippen molar-refractivity contribution >= 4 is 50.0 Å². The van der Waals surface area contributed by atoms with Gasteiger partial charge in [0, 0.05) is 0 Å². The predicted octanol–water partition coefficient (Wildman–Crippen LogP) is 3.84. The number of halogens is 4. The van der Waals surface area contributed by atoms with E-state index in [2.05, 4.69) is 25.9 Å². The Kier molecular flexibility index (Phi) is 2.60. The Hall–Kier alpha value is -0.450. The minimum Gasteiger partial charge on any atom is -0.218 e. The monoisotopic (exact) mass is 294 g/mol. The smallest absolute Gasteiger partial charge is 0.218 e. The van der Waals surface area contributed by atoms with Crippen molar-refractivity contribution in [3.63, 3.8) is 0 Å². The Morgan fingerprint density at radius 2 is 1.93 bits per heavy atom. The van der Waals surface area contributed by atoms with Gasteiger partial charge in [0.25, 0.3) is 0 Å². The van der Waals surface area contributed by atoms with Crippen molar-refractivity contribution in [1.82, 2.24) is 9.97 Å². The van der Waals surface area contributed by atoms with Crippen LogP contribution in [-0.4, -0.2) is 9.97 Å².